The molecule has 1 aromatic carbocycles. The number of benzene rings is 1. The Kier molecular flexibility index (Phi) is 5.30. The molecule has 0 saturated carbocycles. The zero-order valence-corrected chi connectivity index (χ0v) is 18.1. The first-order valence-electron chi connectivity index (χ1n) is 10.4. The third-order valence-electron chi connectivity index (χ3n) is 6.20. The van der Waals surface area contributed by atoms with Crippen molar-refractivity contribution < 1.29 is 4.74 Å². The lowest BCUT2D eigenvalue weighted by Crippen LogP contribution is -2.51. The van der Waals surface area contributed by atoms with Gasteiger partial charge >= 0.3 is 0 Å². The van der Waals surface area contributed by atoms with Crippen LogP contribution in [0.15, 0.2) is 35.8 Å². The van der Waals surface area contributed by atoms with Gasteiger partial charge in [0.05, 0.1) is 24.4 Å². The van der Waals surface area contributed by atoms with Gasteiger partial charge < -0.3 is 14.5 Å². The van der Waals surface area contributed by atoms with Gasteiger partial charge in [0.25, 0.3) is 0 Å². The van der Waals surface area contributed by atoms with Crippen molar-refractivity contribution in [2.45, 2.75) is 6.10 Å². The number of fused-ring (bicyclic) bond motifs is 1. The van der Waals surface area contributed by atoms with E-state index in [1.54, 1.807) is 0 Å². The summed E-state index contributed by atoms with van der Waals surface area (Å²) in [6.07, 6.45) is 2.27. The summed E-state index contributed by atoms with van der Waals surface area (Å²) in [6, 6.07) is 8.80. The highest BCUT2D eigenvalue weighted by molar-refractivity contribution is 7.14. The lowest BCUT2D eigenvalue weighted by Gasteiger charge is -2.39. The quantitative estimate of drug-likeness (QED) is 0.660. The smallest absolute Gasteiger partial charge is 0.0877 e. The average molecular weight is 412 g/mol. The van der Waals surface area contributed by atoms with E-state index < -0.39 is 0 Å². The summed E-state index contributed by atoms with van der Waals surface area (Å²) in [4.78, 5) is 8.75. The van der Waals surface area contributed by atoms with Crippen molar-refractivity contribution >= 4 is 27.9 Å². The number of rotatable bonds is 4. The summed E-state index contributed by atoms with van der Waals surface area (Å²) in [6.45, 7) is 8.39. The molecule has 0 amide bonds. The lowest BCUT2D eigenvalue weighted by atomic mass is 10.1. The number of nitrogens with zero attached hydrogens (tertiary/aromatic N) is 5. The van der Waals surface area contributed by atoms with E-state index in [2.05, 4.69) is 56.5 Å². The van der Waals surface area contributed by atoms with Crippen LogP contribution in [0.5, 0.6) is 0 Å². The number of aromatic nitrogens is 2. The van der Waals surface area contributed by atoms with Crippen LogP contribution in [0.2, 0.25) is 0 Å². The van der Waals surface area contributed by atoms with Crippen molar-refractivity contribution in [1.82, 2.24) is 19.6 Å². The Hall–Kier alpha value is -1.93. The van der Waals surface area contributed by atoms with Gasteiger partial charge in [-0.15, -0.1) is 11.3 Å². The van der Waals surface area contributed by atoms with Crippen molar-refractivity contribution in [1.29, 1.82) is 0 Å². The molecule has 7 heteroatoms. The van der Waals surface area contributed by atoms with E-state index in [-0.39, 0.29) is 6.10 Å². The summed E-state index contributed by atoms with van der Waals surface area (Å²) >= 11 is 1.82. The van der Waals surface area contributed by atoms with Gasteiger partial charge in [0, 0.05) is 79.8 Å². The van der Waals surface area contributed by atoms with Crippen LogP contribution in [0.25, 0.3) is 21.3 Å². The Morgan fingerprint density at radius 1 is 1.14 bits per heavy atom. The van der Waals surface area contributed by atoms with Crippen LogP contribution in [0.3, 0.4) is 0 Å². The van der Waals surface area contributed by atoms with Crippen molar-refractivity contribution in [2.75, 3.05) is 64.4 Å². The minimum Gasteiger partial charge on any atom is -0.373 e. The molecule has 29 heavy (non-hydrogen) atoms. The molecule has 0 bridgehead atoms. The van der Waals surface area contributed by atoms with E-state index in [0.29, 0.717) is 0 Å². The largest absolute Gasteiger partial charge is 0.373 e. The molecule has 3 aromatic rings. The highest BCUT2D eigenvalue weighted by Crippen LogP contribution is 2.36. The number of aryl methyl sites for hydroxylation is 1. The van der Waals surface area contributed by atoms with Gasteiger partial charge in [-0.1, -0.05) is 12.1 Å². The van der Waals surface area contributed by atoms with E-state index >= 15 is 0 Å². The molecule has 6 nitrogen and oxygen atoms in total. The second-order valence-electron chi connectivity index (χ2n) is 8.22. The van der Waals surface area contributed by atoms with Gasteiger partial charge in [0.2, 0.25) is 0 Å². The van der Waals surface area contributed by atoms with Crippen LogP contribution in [-0.2, 0) is 11.8 Å². The highest BCUT2D eigenvalue weighted by atomic mass is 32.1. The molecule has 4 heterocycles. The Bertz CT molecular complexity index is 975. The maximum Gasteiger partial charge on any atom is 0.0877 e. The lowest BCUT2D eigenvalue weighted by molar-refractivity contribution is 0.00683. The fourth-order valence-electron chi connectivity index (χ4n) is 4.41. The molecule has 2 aliphatic heterocycles. The molecular weight excluding hydrogens is 382 g/mol. The molecule has 1 atom stereocenters. The van der Waals surface area contributed by atoms with E-state index in [1.165, 1.54) is 27.0 Å². The predicted molar refractivity (Wildman–Crippen MR) is 120 cm³/mol. The van der Waals surface area contributed by atoms with Gasteiger partial charge in [-0.05, 0) is 19.2 Å². The predicted octanol–water partition coefficient (Wildman–Crippen LogP) is 2.75. The number of piperazine rings is 1. The normalized spacial score (nSPS) is 21.9. The fraction of sp³-hybridized carbons (Fsp3) is 0.500. The van der Waals surface area contributed by atoms with Crippen molar-refractivity contribution in [3.05, 3.63) is 35.8 Å². The third kappa shape index (κ3) is 3.92. The number of morpholine rings is 1. The van der Waals surface area contributed by atoms with Crippen LogP contribution < -0.4 is 4.90 Å². The number of hydrogen-bond donors (Lipinski definition) is 0. The number of likely N-dealkylation sites (N-methyl/N-ethyl adjacent to an activating group) is 1. The van der Waals surface area contributed by atoms with Gasteiger partial charge in [-0.2, -0.15) is 5.10 Å². The van der Waals surface area contributed by atoms with E-state index in [9.17, 15) is 0 Å². The number of hydrogen-bond acceptors (Lipinski definition) is 6. The third-order valence-corrected chi connectivity index (χ3v) is 7.16. The van der Waals surface area contributed by atoms with E-state index in [4.69, 9.17) is 4.74 Å². The molecule has 1 unspecified atom stereocenters. The Morgan fingerprint density at radius 3 is 2.86 bits per heavy atom. The SMILES string of the molecule is CN1CCN(CC2CN(c3csc(-c4cccc5c4cnn5C)c3)CCO2)CC1. The van der Waals surface area contributed by atoms with Crippen LogP contribution in [0.1, 0.15) is 0 Å². The zero-order chi connectivity index (χ0) is 19.8. The molecule has 2 fully saturated rings. The maximum absolute atomic E-state index is 6.11. The monoisotopic (exact) mass is 411 g/mol. The molecule has 154 valence electrons. The number of thiophene rings is 1. The van der Waals surface area contributed by atoms with Gasteiger partial charge in [0.15, 0.2) is 0 Å². The van der Waals surface area contributed by atoms with E-state index in [1.807, 2.05) is 29.3 Å². The van der Waals surface area contributed by atoms with Crippen LogP contribution in [0, 0.1) is 0 Å². The van der Waals surface area contributed by atoms with Gasteiger partial charge in [0.1, 0.15) is 0 Å². The maximum atomic E-state index is 6.11. The Morgan fingerprint density at radius 2 is 2.00 bits per heavy atom. The first kappa shape index (κ1) is 19.1. The summed E-state index contributed by atoms with van der Waals surface area (Å²) in [5.41, 5.74) is 3.77. The van der Waals surface area contributed by atoms with Gasteiger partial charge in [-0.3, -0.25) is 9.58 Å². The molecule has 2 aromatic heterocycles. The average Bonchev–Trinajstić information content (AvgIpc) is 3.38. The first-order valence-corrected chi connectivity index (χ1v) is 11.3. The molecular formula is C22H29N5OS. The summed E-state index contributed by atoms with van der Waals surface area (Å²) in [5, 5.41) is 7.95. The van der Waals surface area contributed by atoms with Crippen LogP contribution in [-0.4, -0.2) is 85.2 Å². The Balaban J connectivity index is 1.29. The van der Waals surface area contributed by atoms with Crippen molar-refractivity contribution in [3.63, 3.8) is 0 Å². The summed E-state index contributed by atoms with van der Waals surface area (Å²) in [5.74, 6) is 0. The second-order valence-corrected chi connectivity index (χ2v) is 9.13. The molecule has 0 spiro atoms. The first-order chi connectivity index (χ1) is 14.2. The zero-order valence-electron chi connectivity index (χ0n) is 17.3. The molecule has 5 rings (SSSR count). The topological polar surface area (TPSA) is 36.8 Å². The summed E-state index contributed by atoms with van der Waals surface area (Å²) in [7, 11) is 4.20. The molecule has 0 aliphatic carbocycles. The van der Waals surface area contributed by atoms with Crippen molar-refractivity contribution in [2.24, 2.45) is 7.05 Å². The number of ether oxygens (including phenoxy) is 1. The summed E-state index contributed by atoms with van der Waals surface area (Å²) < 4.78 is 8.05. The second kappa shape index (κ2) is 8.07. The molecule has 2 saturated heterocycles. The van der Waals surface area contributed by atoms with Crippen LogP contribution >= 0.6 is 11.3 Å². The molecule has 0 radical (unpaired) electrons. The van der Waals surface area contributed by atoms with Gasteiger partial charge in [-0.25, -0.2) is 0 Å². The molecule has 0 N–H and O–H groups in total. The van der Waals surface area contributed by atoms with E-state index in [0.717, 1.165) is 52.4 Å². The van der Waals surface area contributed by atoms with Crippen molar-refractivity contribution in [3.8, 4) is 10.4 Å². The molecule has 2 aliphatic rings. The Labute approximate surface area is 176 Å². The standard InChI is InChI=1S/C22H29N5OS/c1-24-6-8-26(9-7-24)14-18-15-27(10-11-28-18)17-12-22(29-16-17)19-4-3-5-21-20(19)13-23-25(21)2/h3-5,12-13,16,18H,6-11,14-15H2,1-2H3. The van der Waals surface area contributed by atoms with Crippen LogP contribution in [0.4, 0.5) is 5.69 Å². The minimum absolute atomic E-state index is 0.289. The highest BCUT2D eigenvalue weighted by Gasteiger charge is 2.25. The number of anilines is 1. The minimum atomic E-state index is 0.289. The fourth-order valence-corrected chi connectivity index (χ4v) is 5.37.